The molecule has 3 heteroatoms. The van der Waals surface area contributed by atoms with Gasteiger partial charge in [0.05, 0.1) is 6.20 Å². The second kappa shape index (κ2) is 4.76. The Morgan fingerprint density at radius 1 is 1.00 bits per heavy atom. The summed E-state index contributed by atoms with van der Waals surface area (Å²) in [5.41, 5.74) is 3.48. The molecule has 1 heterocycles. The van der Waals surface area contributed by atoms with E-state index in [-0.39, 0.29) is 0 Å². The second-order valence-corrected chi connectivity index (χ2v) is 4.46. The van der Waals surface area contributed by atoms with Gasteiger partial charge in [0.2, 0.25) is 0 Å². The van der Waals surface area contributed by atoms with Crippen LogP contribution in [-0.4, -0.2) is 4.98 Å². The van der Waals surface area contributed by atoms with Crippen LogP contribution < -0.4 is 4.74 Å². The molecule has 0 saturated carbocycles. The van der Waals surface area contributed by atoms with Gasteiger partial charge in [-0.1, -0.05) is 23.7 Å². The average Bonchev–Trinajstić information content (AvgIpc) is 2.32. The van der Waals surface area contributed by atoms with Gasteiger partial charge in [0.15, 0.2) is 0 Å². The summed E-state index contributed by atoms with van der Waals surface area (Å²) in [6.45, 7) is 6.16. The van der Waals surface area contributed by atoms with E-state index in [1.165, 1.54) is 5.56 Å². The van der Waals surface area contributed by atoms with E-state index in [1.807, 2.05) is 13.0 Å². The number of hydrogen-bond acceptors (Lipinski definition) is 2. The lowest BCUT2D eigenvalue weighted by Gasteiger charge is -2.13. The fourth-order valence-electron chi connectivity index (χ4n) is 1.62. The number of ether oxygens (including phenoxy) is 1. The number of rotatable bonds is 2. The number of pyridine rings is 1. The Morgan fingerprint density at radius 2 is 1.71 bits per heavy atom. The number of benzene rings is 1. The zero-order valence-electron chi connectivity index (χ0n) is 10.1. The molecule has 0 fully saturated rings. The van der Waals surface area contributed by atoms with Crippen molar-refractivity contribution in [2.24, 2.45) is 0 Å². The van der Waals surface area contributed by atoms with Crippen molar-refractivity contribution >= 4 is 11.6 Å². The highest BCUT2D eigenvalue weighted by Crippen LogP contribution is 2.30. The highest BCUT2D eigenvalue weighted by atomic mass is 35.5. The van der Waals surface area contributed by atoms with Crippen molar-refractivity contribution in [1.82, 2.24) is 4.98 Å². The lowest BCUT2D eigenvalue weighted by atomic mass is 10.1. The van der Waals surface area contributed by atoms with Gasteiger partial charge in [-0.05, 0) is 49.6 Å². The molecular weight excluding hydrogens is 234 g/mol. The van der Waals surface area contributed by atoms with Crippen molar-refractivity contribution in [2.75, 3.05) is 0 Å². The predicted octanol–water partition coefficient (Wildman–Crippen LogP) is 4.45. The maximum absolute atomic E-state index is 5.85. The Hall–Kier alpha value is -1.54. The molecule has 2 nitrogen and oxygen atoms in total. The molecule has 0 aliphatic rings. The van der Waals surface area contributed by atoms with E-state index in [0.29, 0.717) is 10.9 Å². The standard InChI is InChI=1S/C14H14ClNO/c1-9-4-5-10(2)14(11(9)3)17-12-6-7-13(15)16-8-12/h4-8H,1-3H3. The normalized spacial score (nSPS) is 10.4. The van der Waals surface area contributed by atoms with Crippen LogP contribution in [0, 0.1) is 20.8 Å². The van der Waals surface area contributed by atoms with Crippen LogP contribution in [0.25, 0.3) is 0 Å². The van der Waals surface area contributed by atoms with E-state index >= 15 is 0 Å². The smallest absolute Gasteiger partial charge is 0.145 e. The minimum atomic E-state index is 0.468. The third kappa shape index (κ3) is 2.59. The minimum absolute atomic E-state index is 0.468. The van der Waals surface area contributed by atoms with Gasteiger partial charge in [0, 0.05) is 0 Å². The topological polar surface area (TPSA) is 22.1 Å². The zero-order chi connectivity index (χ0) is 12.4. The van der Waals surface area contributed by atoms with E-state index in [2.05, 4.69) is 31.0 Å². The summed E-state index contributed by atoms with van der Waals surface area (Å²) >= 11 is 5.74. The summed E-state index contributed by atoms with van der Waals surface area (Å²) in [4.78, 5) is 4.00. The number of aromatic nitrogens is 1. The molecule has 1 aromatic heterocycles. The first-order valence-electron chi connectivity index (χ1n) is 5.44. The maximum Gasteiger partial charge on any atom is 0.145 e. The Morgan fingerprint density at radius 3 is 2.35 bits per heavy atom. The summed E-state index contributed by atoms with van der Waals surface area (Å²) < 4.78 is 5.85. The third-order valence-corrected chi connectivity index (χ3v) is 3.02. The average molecular weight is 248 g/mol. The molecule has 0 N–H and O–H groups in total. The molecule has 0 bridgehead atoms. The highest BCUT2D eigenvalue weighted by Gasteiger charge is 2.07. The quantitative estimate of drug-likeness (QED) is 0.732. The first kappa shape index (κ1) is 11.9. The van der Waals surface area contributed by atoms with Gasteiger partial charge < -0.3 is 4.74 Å². The van der Waals surface area contributed by atoms with Gasteiger partial charge in [-0.3, -0.25) is 0 Å². The predicted molar refractivity (Wildman–Crippen MR) is 70.0 cm³/mol. The molecule has 0 atom stereocenters. The molecule has 0 spiro atoms. The molecule has 1 aromatic carbocycles. The largest absolute Gasteiger partial charge is 0.455 e. The van der Waals surface area contributed by atoms with Crippen molar-refractivity contribution in [3.63, 3.8) is 0 Å². The van der Waals surface area contributed by atoms with Gasteiger partial charge >= 0.3 is 0 Å². The molecule has 0 unspecified atom stereocenters. The Bertz CT molecular complexity index is 535. The SMILES string of the molecule is Cc1ccc(C)c(Oc2ccc(Cl)nc2)c1C. The second-order valence-electron chi connectivity index (χ2n) is 4.07. The van der Waals surface area contributed by atoms with Crippen molar-refractivity contribution in [3.05, 3.63) is 52.3 Å². The minimum Gasteiger partial charge on any atom is -0.455 e. The van der Waals surface area contributed by atoms with Gasteiger partial charge in [-0.15, -0.1) is 0 Å². The summed E-state index contributed by atoms with van der Waals surface area (Å²) in [7, 11) is 0. The van der Waals surface area contributed by atoms with Crippen molar-refractivity contribution in [2.45, 2.75) is 20.8 Å². The number of nitrogens with zero attached hydrogens (tertiary/aromatic N) is 1. The van der Waals surface area contributed by atoms with Gasteiger partial charge in [0.1, 0.15) is 16.7 Å². The van der Waals surface area contributed by atoms with E-state index in [0.717, 1.165) is 16.9 Å². The van der Waals surface area contributed by atoms with Crippen LogP contribution in [0.5, 0.6) is 11.5 Å². The van der Waals surface area contributed by atoms with Crippen molar-refractivity contribution in [1.29, 1.82) is 0 Å². The highest BCUT2D eigenvalue weighted by molar-refractivity contribution is 6.29. The lowest BCUT2D eigenvalue weighted by Crippen LogP contribution is -1.93. The fraction of sp³-hybridized carbons (Fsp3) is 0.214. The summed E-state index contributed by atoms with van der Waals surface area (Å²) in [5, 5.41) is 0.468. The monoisotopic (exact) mass is 247 g/mol. The summed E-state index contributed by atoms with van der Waals surface area (Å²) in [5.74, 6) is 1.60. The molecule has 0 aliphatic heterocycles. The molecule has 88 valence electrons. The first-order chi connectivity index (χ1) is 8.08. The first-order valence-corrected chi connectivity index (χ1v) is 5.82. The van der Waals surface area contributed by atoms with E-state index in [9.17, 15) is 0 Å². The van der Waals surface area contributed by atoms with Crippen LogP contribution >= 0.6 is 11.6 Å². The fourth-order valence-corrected chi connectivity index (χ4v) is 1.73. The van der Waals surface area contributed by atoms with Crippen LogP contribution in [0.1, 0.15) is 16.7 Å². The molecule has 0 radical (unpaired) electrons. The van der Waals surface area contributed by atoms with Gasteiger partial charge in [-0.2, -0.15) is 0 Å². The van der Waals surface area contributed by atoms with E-state index in [1.54, 1.807) is 12.3 Å². The number of aryl methyl sites for hydroxylation is 2. The molecule has 2 aromatic rings. The van der Waals surface area contributed by atoms with Gasteiger partial charge in [0.25, 0.3) is 0 Å². The van der Waals surface area contributed by atoms with Gasteiger partial charge in [-0.25, -0.2) is 4.98 Å². The van der Waals surface area contributed by atoms with Crippen molar-refractivity contribution in [3.8, 4) is 11.5 Å². The summed E-state index contributed by atoms with van der Waals surface area (Å²) in [6.07, 6.45) is 1.63. The molecule has 17 heavy (non-hydrogen) atoms. The Kier molecular flexibility index (Phi) is 3.34. The Labute approximate surface area is 106 Å². The lowest BCUT2D eigenvalue weighted by molar-refractivity contribution is 0.472. The summed E-state index contributed by atoms with van der Waals surface area (Å²) in [6, 6.07) is 7.69. The zero-order valence-corrected chi connectivity index (χ0v) is 10.9. The number of halogens is 1. The Balaban J connectivity index is 2.36. The molecule has 2 rings (SSSR count). The van der Waals surface area contributed by atoms with Crippen LogP contribution in [0.4, 0.5) is 0 Å². The van der Waals surface area contributed by atoms with E-state index < -0.39 is 0 Å². The molecule has 0 saturated heterocycles. The molecule has 0 aliphatic carbocycles. The van der Waals surface area contributed by atoms with Crippen LogP contribution in [0.3, 0.4) is 0 Å². The van der Waals surface area contributed by atoms with Crippen LogP contribution in [0.15, 0.2) is 30.5 Å². The molecular formula is C14H14ClNO. The molecule has 0 amide bonds. The van der Waals surface area contributed by atoms with E-state index in [4.69, 9.17) is 16.3 Å². The van der Waals surface area contributed by atoms with Crippen molar-refractivity contribution < 1.29 is 4.74 Å². The maximum atomic E-state index is 5.85. The number of hydrogen-bond donors (Lipinski definition) is 0. The third-order valence-electron chi connectivity index (χ3n) is 2.79. The van der Waals surface area contributed by atoms with Crippen LogP contribution in [0.2, 0.25) is 5.15 Å². The van der Waals surface area contributed by atoms with Crippen LogP contribution in [-0.2, 0) is 0 Å².